The van der Waals surface area contributed by atoms with Gasteiger partial charge in [0.2, 0.25) is 0 Å². The predicted octanol–water partition coefficient (Wildman–Crippen LogP) is -0.0756. The molecule has 0 aliphatic rings. The topological polar surface area (TPSA) is 130 Å². The van der Waals surface area contributed by atoms with Gasteiger partial charge < -0.3 is 25.8 Å². The first kappa shape index (κ1) is 14.9. The van der Waals surface area contributed by atoms with Crippen LogP contribution in [-0.4, -0.2) is 40.5 Å². The molecule has 0 bridgehead atoms. The molecule has 0 aliphatic carbocycles. The average Bonchev–Trinajstić information content (AvgIpc) is 2.37. The molecule has 0 aromatic heterocycles. The fourth-order valence-electron chi connectivity index (χ4n) is 1.53. The summed E-state index contributed by atoms with van der Waals surface area (Å²) in [6.45, 7) is 0. The van der Waals surface area contributed by atoms with Crippen LogP contribution in [0.2, 0.25) is 0 Å². The molecule has 0 aliphatic heterocycles. The Morgan fingerprint density at radius 3 is 2.53 bits per heavy atom. The molecule has 0 saturated carbocycles. The van der Waals surface area contributed by atoms with Crippen LogP contribution in [-0.2, 0) is 9.53 Å². The van der Waals surface area contributed by atoms with E-state index >= 15 is 0 Å². The number of esters is 1. The van der Waals surface area contributed by atoms with Crippen LogP contribution in [0, 0.1) is 0 Å². The summed E-state index contributed by atoms with van der Waals surface area (Å²) in [7, 11) is 1.16. The third kappa shape index (κ3) is 3.67. The zero-order valence-electron chi connectivity index (χ0n) is 10.2. The largest absolute Gasteiger partial charge is 0.478 e. The van der Waals surface area contributed by atoms with E-state index in [1.54, 1.807) is 0 Å². The van der Waals surface area contributed by atoms with Gasteiger partial charge in [-0.15, -0.1) is 0 Å². The van der Waals surface area contributed by atoms with Crippen molar-refractivity contribution in [2.45, 2.75) is 18.6 Å². The van der Waals surface area contributed by atoms with Crippen LogP contribution in [0.3, 0.4) is 0 Å². The summed E-state index contributed by atoms with van der Waals surface area (Å²) in [5, 5.41) is 28.4. The van der Waals surface area contributed by atoms with Crippen molar-refractivity contribution in [2.75, 3.05) is 12.8 Å². The van der Waals surface area contributed by atoms with Crippen molar-refractivity contribution in [3.8, 4) is 0 Å². The number of ether oxygens (including phenoxy) is 1. The van der Waals surface area contributed by atoms with Crippen molar-refractivity contribution < 1.29 is 29.6 Å². The summed E-state index contributed by atoms with van der Waals surface area (Å²) in [4.78, 5) is 21.9. The molecule has 2 unspecified atom stereocenters. The van der Waals surface area contributed by atoms with Crippen molar-refractivity contribution in [3.05, 3.63) is 29.3 Å². The molecule has 0 radical (unpaired) electrons. The minimum absolute atomic E-state index is 0.0471. The van der Waals surface area contributed by atoms with Crippen LogP contribution in [0.15, 0.2) is 18.2 Å². The Balaban J connectivity index is 2.93. The third-order valence-corrected chi connectivity index (χ3v) is 2.62. The van der Waals surface area contributed by atoms with Crippen LogP contribution in [0.5, 0.6) is 0 Å². The minimum Gasteiger partial charge on any atom is -0.478 e. The highest BCUT2D eigenvalue weighted by Crippen LogP contribution is 2.23. The Bertz CT molecular complexity index is 487. The van der Waals surface area contributed by atoms with Gasteiger partial charge in [-0.3, -0.25) is 4.79 Å². The number of carboxylic acids is 1. The summed E-state index contributed by atoms with van der Waals surface area (Å²) in [6.07, 6.45) is -3.19. The second-order valence-electron chi connectivity index (χ2n) is 3.94. The number of rotatable bonds is 5. The average molecular weight is 269 g/mol. The smallest absolute Gasteiger partial charge is 0.337 e. The molecule has 0 heterocycles. The number of aliphatic hydroxyl groups excluding tert-OH is 2. The van der Waals surface area contributed by atoms with Gasteiger partial charge in [-0.25, -0.2) is 4.79 Å². The highest BCUT2D eigenvalue weighted by molar-refractivity contribution is 5.93. The SMILES string of the molecule is COC(=O)CC(O)C(O)c1ccc(N)c(C(=O)O)c1. The number of nitrogens with two attached hydrogens (primary N) is 1. The number of nitrogen functional groups attached to an aromatic ring is 1. The van der Waals surface area contributed by atoms with Crippen molar-refractivity contribution in [2.24, 2.45) is 0 Å². The first-order valence-corrected chi connectivity index (χ1v) is 5.42. The van der Waals surface area contributed by atoms with E-state index in [1.807, 2.05) is 0 Å². The third-order valence-electron chi connectivity index (χ3n) is 2.62. The molecule has 0 fully saturated rings. The molecule has 7 heteroatoms. The van der Waals surface area contributed by atoms with Gasteiger partial charge in [0.1, 0.15) is 6.10 Å². The number of aromatic carboxylic acids is 1. The maximum atomic E-state index is 11.0. The minimum atomic E-state index is -1.40. The number of hydrogen-bond acceptors (Lipinski definition) is 6. The Morgan fingerprint density at radius 1 is 1.37 bits per heavy atom. The highest BCUT2D eigenvalue weighted by Gasteiger charge is 2.23. The number of carboxylic acid groups (broad SMARTS) is 1. The zero-order chi connectivity index (χ0) is 14.6. The second-order valence-corrected chi connectivity index (χ2v) is 3.94. The van der Waals surface area contributed by atoms with Gasteiger partial charge in [0.05, 0.1) is 25.2 Å². The quantitative estimate of drug-likeness (QED) is 0.434. The van der Waals surface area contributed by atoms with Crippen LogP contribution in [0.4, 0.5) is 5.69 Å². The van der Waals surface area contributed by atoms with Crippen molar-refractivity contribution in [3.63, 3.8) is 0 Å². The standard InChI is InChI=1S/C12H15NO6/c1-19-10(15)5-9(14)11(16)6-2-3-8(13)7(4-6)12(17)18/h2-4,9,11,14,16H,5,13H2,1H3,(H,17,18). The molecular weight excluding hydrogens is 254 g/mol. The molecule has 1 aromatic carbocycles. The number of anilines is 1. The molecule has 104 valence electrons. The van der Waals surface area contributed by atoms with Gasteiger partial charge in [0, 0.05) is 5.69 Å². The first-order valence-electron chi connectivity index (χ1n) is 5.42. The molecule has 5 N–H and O–H groups in total. The molecule has 0 amide bonds. The fourth-order valence-corrected chi connectivity index (χ4v) is 1.53. The van der Waals surface area contributed by atoms with E-state index < -0.39 is 30.6 Å². The summed E-state index contributed by atoms with van der Waals surface area (Å²) < 4.78 is 4.36. The Morgan fingerprint density at radius 2 is 2.00 bits per heavy atom. The lowest BCUT2D eigenvalue weighted by Crippen LogP contribution is -2.23. The van der Waals surface area contributed by atoms with E-state index in [2.05, 4.69) is 4.74 Å². The van der Waals surface area contributed by atoms with E-state index in [1.165, 1.54) is 12.1 Å². The van der Waals surface area contributed by atoms with E-state index in [0.717, 1.165) is 13.2 Å². The number of methoxy groups -OCH3 is 1. The molecule has 7 nitrogen and oxygen atoms in total. The number of aliphatic hydroxyl groups is 2. The maximum absolute atomic E-state index is 11.0. The van der Waals surface area contributed by atoms with Gasteiger partial charge >= 0.3 is 11.9 Å². The lowest BCUT2D eigenvalue weighted by atomic mass is 9.99. The Labute approximate surface area is 109 Å². The summed E-state index contributed by atoms with van der Waals surface area (Å²) in [5.41, 5.74) is 5.49. The van der Waals surface area contributed by atoms with Crippen LogP contribution >= 0.6 is 0 Å². The van der Waals surface area contributed by atoms with Gasteiger partial charge in [0.25, 0.3) is 0 Å². The lowest BCUT2D eigenvalue weighted by Gasteiger charge is -2.18. The summed E-state index contributed by atoms with van der Waals surface area (Å²) in [5.74, 6) is -1.92. The van der Waals surface area contributed by atoms with Crippen LogP contribution in [0.25, 0.3) is 0 Å². The monoisotopic (exact) mass is 269 g/mol. The molecule has 1 rings (SSSR count). The van der Waals surface area contributed by atoms with Gasteiger partial charge in [-0.1, -0.05) is 6.07 Å². The van der Waals surface area contributed by atoms with E-state index in [0.29, 0.717) is 0 Å². The Kier molecular flexibility index (Phi) is 4.85. The van der Waals surface area contributed by atoms with Crippen LogP contribution in [0.1, 0.15) is 28.4 Å². The van der Waals surface area contributed by atoms with Crippen LogP contribution < -0.4 is 5.73 Å². The lowest BCUT2D eigenvalue weighted by molar-refractivity contribution is -0.144. The number of carbonyl (C=O) groups is 2. The van der Waals surface area contributed by atoms with Crippen molar-refractivity contribution in [1.82, 2.24) is 0 Å². The molecule has 0 saturated heterocycles. The zero-order valence-corrected chi connectivity index (χ0v) is 10.2. The Hall–Kier alpha value is -2.12. The number of hydrogen-bond donors (Lipinski definition) is 4. The fraction of sp³-hybridized carbons (Fsp3) is 0.333. The highest BCUT2D eigenvalue weighted by atomic mass is 16.5. The first-order chi connectivity index (χ1) is 8.86. The van der Waals surface area contributed by atoms with Gasteiger partial charge in [0.15, 0.2) is 0 Å². The van der Waals surface area contributed by atoms with Crippen molar-refractivity contribution >= 4 is 17.6 Å². The molecule has 1 aromatic rings. The summed E-state index contributed by atoms with van der Waals surface area (Å²) >= 11 is 0. The normalized spacial score (nSPS) is 13.6. The summed E-state index contributed by atoms with van der Waals surface area (Å²) in [6, 6.07) is 3.85. The van der Waals surface area contributed by atoms with E-state index in [-0.39, 0.29) is 16.8 Å². The number of carbonyl (C=O) groups excluding carboxylic acids is 1. The van der Waals surface area contributed by atoms with E-state index in [9.17, 15) is 19.8 Å². The van der Waals surface area contributed by atoms with E-state index in [4.69, 9.17) is 10.8 Å². The second kappa shape index (κ2) is 6.17. The van der Waals surface area contributed by atoms with Crippen molar-refractivity contribution in [1.29, 1.82) is 0 Å². The van der Waals surface area contributed by atoms with Gasteiger partial charge in [-0.05, 0) is 17.7 Å². The molecule has 19 heavy (non-hydrogen) atoms. The predicted molar refractivity (Wildman–Crippen MR) is 65.4 cm³/mol. The van der Waals surface area contributed by atoms with Gasteiger partial charge in [-0.2, -0.15) is 0 Å². The number of benzene rings is 1. The molecule has 0 spiro atoms. The maximum Gasteiger partial charge on any atom is 0.337 e. The molecular formula is C12H15NO6. The molecule has 2 atom stereocenters.